The van der Waals surface area contributed by atoms with Gasteiger partial charge in [-0.2, -0.15) is 0 Å². The standard InChI is InChI=1S/C30H18BBrO4/c32-26-29(33-19-11-3-1-4-12-19)27-25-28(30(26)34-20-13-5-2-6-14-20)36-24-18-10-8-16-22(24)31(25)21-15-7-9-17-23(21)35-27/h1-18H. The molecule has 0 aliphatic carbocycles. The molecule has 0 unspecified atom stereocenters. The van der Waals surface area contributed by atoms with Gasteiger partial charge in [-0.3, -0.25) is 0 Å². The highest BCUT2D eigenvalue weighted by atomic mass is 79.9. The Kier molecular flexibility index (Phi) is 5.00. The molecule has 5 aromatic carbocycles. The van der Waals surface area contributed by atoms with E-state index in [9.17, 15) is 0 Å². The zero-order chi connectivity index (χ0) is 24.1. The lowest BCUT2D eigenvalue weighted by Gasteiger charge is -2.35. The van der Waals surface area contributed by atoms with Gasteiger partial charge in [0.2, 0.25) is 0 Å². The van der Waals surface area contributed by atoms with Crippen molar-refractivity contribution in [3.8, 4) is 46.0 Å². The minimum atomic E-state index is -0.103. The lowest BCUT2D eigenvalue weighted by Crippen LogP contribution is -2.57. The van der Waals surface area contributed by atoms with Gasteiger partial charge >= 0.3 is 0 Å². The molecule has 2 aliphatic rings. The van der Waals surface area contributed by atoms with Gasteiger partial charge in [-0.05, 0) is 63.3 Å². The Labute approximate surface area is 217 Å². The molecule has 0 fully saturated rings. The summed E-state index contributed by atoms with van der Waals surface area (Å²) < 4.78 is 26.6. The summed E-state index contributed by atoms with van der Waals surface area (Å²) in [5, 5.41) is 0. The summed E-state index contributed by atoms with van der Waals surface area (Å²) in [4.78, 5) is 0. The number of hydrogen-bond donors (Lipinski definition) is 0. The molecule has 0 atom stereocenters. The maximum atomic E-state index is 6.54. The van der Waals surface area contributed by atoms with Gasteiger partial charge < -0.3 is 18.9 Å². The molecule has 172 valence electrons. The second-order valence-corrected chi connectivity index (χ2v) is 9.38. The van der Waals surface area contributed by atoms with Crippen molar-refractivity contribution in [3.63, 3.8) is 0 Å². The fourth-order valence-corrected chi connectivity index (χ4v) is 5.35. The van der Waals surface area contributed by atoms with Gasteiger partial charge in [0.05, 0.1) is 0 Å². The molecule has 7 rings (SSSR count). The monoisotopic (exact) mass is 532 g/mol. The Morgan fingerprint density at radius 1 is 0.528 bits per heavy atom. The maximum Gasteiger partial charge on any atom is 0.261 e. The average molecular weight is 533 g/mol. The third-order valence-electron chi connectivity index (χ3n) is 6.40. The van der Waals surface area contributed by atoms with Crippen LogP contribution in [0.4, 0.5) is 0 Å². The quantitative estimate of drug-likeness (QED) is 0.235. The molecule has 6 heteroatoms. The number of rotatable bonds is 4. The van der Waals surface area contributed by atoms with E-state index in [1.165, 1.54) is 0 Å². The van der Waals surface area contributed by atoms with Crippen molar-refractivity contribution in [1.29, 1.82) is 0 Å². The summed E-state index contributed by atoms with van der Waals surface area (Å²) in [6, 6.07) is 35.5. The second-order valence-electron chi connectivity index (χ2n) is 8.59. The Balaban J connectivity index is 1.52. The summed E-state index contributed by atoms with van der Waals surface area (Å²) in [5.41, 5.74) is 3.02. The van der Waals surface area contributed by atoms with Crippen LogP contribution in [-0.2, 0) is 0 Å². The number of ether oxygens (including phenoxy) is 4. The molecular weight excluding hydrogens is 515 g/mol. The maximum absolute atomic E-state index is 6.54. The Bertz CT molecular complexity index is 1490. The molecule has 2 aliphatic heterocycles. The SMILES string of the molecule is Brc1c(Oc2ccccc2)c2c3c(c1Oc1ccccc1)Oc1ccccc1B3c1ccccc1O2. The first kappa shape index (κ1) is 21.2. The molecule has 4 nitrogen and oxygen atoms in total. The van der Waals surface area contributed by atoms with Crippen LogP contribution >= 0.6 is 15.9 Å². The first-order valence-electron chi connectivity index (χ1n) is 11.7. The van der Waals surface area contributed by atoms with Crippen LogP contribution < -0.4 is 35.3 Å². The van der Waals surface area contributed by atoms with Crippen LogP contribution in [0, 0.1) is 0 Å². The number of para-hydroxylation sites is 4. The highest BCUT2D eigenvalue weighted by molar-refractivity contribution is 9.10. The van der Waals surface area contributed by atoms with Gasteiger partial charge in [-0.15, -0.1) is 0 Å². The highest BCUT2D eigenvalue weighted by Gasteiger charge is 2.44. The van der Waals surface area contributed by atoms with Crippen LogP contribution in [0.2, 0.25) is 0 Å². The Morgan fingerprint density at radius 3 is 1.42 bits per heavy atom. The minimum Gasteiger partial charge on any atom is -0.454 e. The van der Waals surface area contributed by atoms with E-state index in [4.69, 9.17) is 18.9 Å². The summed E-state index contributed by atoms with van der Waals surface area (Å²) in [6.07, 6.45) is 0. The normalized spacial score (nSPS) is 12.4. The number of halogens is 1. The molecule has 0 saturated carbocycles. The first-order valence-corrected chi connectivity index (χ1v) is 12.5. The van der Waals surface area contributed by atoms with Crippen molar-refractivity contribution in [1.82, 2.24) is 0 Å². The van der Waals surface area contributed by atoms with Crippen LogP contribution in [0.3, 0.4) is 0 Å². The predicted octanol–water partition coefficient (Wildman–Crippen LogP) is 6.76. The lowest BCUT2D eigenvalue weighted by atomic mass is 9.35. The molecule has 0 radical (unpaired) electrons. The summed E-state index contributed by atoms with van der Waals surface area (Å²) in [6.45, 7) is -0.103. The minimum absolute atomic E-state index is 0.103. The van der Waals surface area contributed by atoms with E-state index in [2.05, 4.69) is 28.1 Å². The fraction of sp³-hybridized carbons (Fsp3) is 0. The topological polar surface area (TPSA) is 36.9 Å². The van der Waals surface area contributed by atoms with Gasteiger partial charge in [0.1, 0.15) is 27.5 Å². The second kappa shape index (κ2) is 8.50. The molecule has 0 spiro atoms. The van der Waals surface area contributed by atoms with E-state index in [-0.39, 0.29) is 6.71 Å². The molecule has 0 aromatic heterocycles. The van der Waals surface area contributed by atoms with E-state index in [1.807, 2.05) is 97.1 Å². The first-order chi connectivity index (χ1) is 17.8. The summed E-state index contributed by atoms with van der Waals surface area (Å²) >= 11 is 3.78. The third kappa shape index (κ3) is 3.37. The van der Waals surface area contributed by atoms with Crippen molar-refractivity contribution in [2.75, 3.05) is 0 Å². The van der Waals surface area contributed by atoms with Crippen molar-refractivity contribution in [3.05, 3.63) is 114 Å². The molecule has 0 bridgehead atoms. The molecule has 2 heterocycles. The largest absolute Gasteiger partial charge is 0.454 e. The predicted molar refractivity (Wildman–Crippen MR) is 145 cm³/mol. The molecule has 36 heavy (non-hydrogen) atoms. The van der Waals surface area contributed by atoms with Crippen LogP contribution in [0.25, 0.3) is 0 Å². The van der Waals surface area contributed by atoms with Crippen LogP contribution in [0.5, 0.6) is 46.0 Å². The molecule has 5 aromatic rings. The molecule has 0 N–H and O–H groups in total. The third-order valence-corrected chi connectivity index (χ3v) is 7.12. The van der Waals surface area contributed by atoms with Crippen molar-refractivity contribution in [2.45, 2.75) is 0 Å². The smallest absolute Gasteiger partial charge is 0.261 e. The van der Waals surface area contributed by atoms with E-state index >= 15 is 0 Å². The van der Waals surface area contributed by atoms with Crippen LogP contribution in [0.1, 0.15) is 0 Å². The summed E-state index contributed by atoms with van der Waals surface area (Å²) in [5.74, 6) is 5.26. The van der Waals surface area contributed by atoms with Crippen molar-refractivity contribution < 1.29 is 18.9 Å². The lowest BCUT2D eigenvalue weighted by molar-refractivity contribution is 0.390. The number of benzene rings is 5. The van der Waals surface area contributed by atoms with Crippen molar-refractivity contribution in [2.24, 2.45) is 0 Å². The van der Waals surface area contributed by atoms with Gasteiger partial charge in [0.15, 0.2) is 23.0 Å². The van der Waals surface area contributed by atoms with Gasteiger partial charge in [-0.1, -0.05) is 72.8 Å². The number of hydrogen-bond acceptors (Lipinski definition) is 4. The van der Waals surface area contributed by atoms with Crippen LogP contribution in [-0.4, -0.2) is 6.71 Å². The van der Waals surface area contributed by atoms with Gasteiger partial charge in [0.25, 0.3) is 6.71 Å². The zero-order valence-corrected chi connectivity index (χ0v) is 20.6. The van der Waals surface area contributed by atoms with E-state index < -0.39 is 0 Å². The van der Waals surface area contributed by atoms with E-state index in [0.29, 0.717) is 39.0 Å². The fourth-order valence-electron chi connectivity index (χ4n) is 4.83. The summed E-state index contributed by atoms with van der Waals surface area (Å²) in [7, 11) is 0. The molecule has 0 saturated heterocycles. The highest BCUT2D eigenvalue weighted by Crippen LogP contribution is 2.53. The number of fused-ring (bicyclic) bond motifs is 4. The van der Waals surface area contributed by atoms with E-state index in [1.54, 1.807) is 0 Å². The average Bonchev–Trinajstić information content (AvgIpc) is 2.94. The molecule has 0 amide bonds. The Hall–Kier alpha value is -4.16. The molecular formula is C30H18BBrO4. The van der Waals surface area contributed by atoms with Gasteiger partial charge in [0, 0.05) is 5.46 Å². The Morgan fingerprint density at radius 2 is 0.944 bits per heavy atom. The van der Waals surface area contributed by atoms with Crippen molar-refractivity contribution >= 4 is 39.0 Å². The zero-order valence-electron chi connectivity index (χ0n) is 19.0. The van der Waals surface area contributed by atoms with Gasteiger partial charge in [-0.25, -0.2) is 0 Å². The van der Waals surface area contributed by atoms with E-state index in [0.717, 1.165) is 27.9 Å². The van der Waals surface area contributed by atoms with Crippen LogP contribution in [0.15, 0.2) is 114 Å².